The van der Waals surface area contributed by atoms with Crippen LogP contribution in [-0.2, 0) is 35.4 Å². The zero-order valence-electron chi connectivity index (χ0n) is 18.0. The van der Waals surface area contributed by atoms with Gasteiger partial charge in [0.15, 0.2) is 24.8 Å². The van der Waals surface area contributed by atoms with Crippen molar-refractivity contribution in [2.75, 3.05) is 26.4 Å². The number of fused-ring (bicyclic) bond motifs is 4. The maximum Gasteiger partial charge on any atom is 0.171 e. The van der Waals surface area contributed by atoms with E-state index in [0.29, 0.717) is 0 Å². The van der Waals surface area contributed by atoms with Crippen LogP contribution >= 0.6 is 0 Å². The van der Waals surface area contributed by atoms with Gasteiger partial charge >= 0.3 is 0 Å². The van der Waals surface area contributed by atoms with Gasteiger partial charge in [-0.1, -0.05) is 0 Å². The smallest absolute Gasteiger partial charge is 0.171 e. The van der Waals surface area contributed by atoms with E-state index in [2.05, 4.69) is 58.2 Å². The molecule has 30 heavy (non-hydrogen) atoms. The number of pyridine rings is 2. The predicted octanol–water partition coefficient (Wildman–Crippen LogP) is -2.56. The number of hydrogen-bond donors (Lipinski definition) is 0. The van der Waals surface area contributed by atoms with Crippen LogP contribution in [0, 0.1) is 0 Å². The first-order chi connectivity index (χ1) is 13.9. The second-order valence-corrected chi connectivity index (χ2v) is 7.75. The van der Waals surface area contributed by atoms with Gasteiger partial charge < -0.3 is 57.4 Å². The molecule has 0 aliphatic carbocycles. The standard InChI is InChI=1S/C24H36N2O2.2HI/c1-3-17-27-19-7-12-24-10-6-16-26(22-24)14-2-4-18-28-20-8-11-23-9-5-15-25(13-1)21-23;;/h5-6,9-10,15-16,21-22H,1-4,7-8,11-14,17-20H2;2*1H/q+2;;/p-2. The summed E-state index contributed by atoms with van der Waals surface area (Å²) in [6.45, 7) is 5.58. The molecule has 0 N–H and O–H groups in total. The molecule has 3 rings (SSSR count). The molecule has 4 bridgehead atoms. The summed E-state index contributed by atoms with van der Waals surface area (Å²) in [7, 11) is 0. The van der Waals surface area contributed by atoms with E-state index in [1.807, 2.05) is 0 Å². The van der Waals surface area contributed by atoms with Gasteiger partial charge in [0.1, 0.15) is 13.1 Å². The lowest BCUT2D eigenvalue weighted by Gasteiger charge is -2.06. The largest absolute Gasteiger partial charge is 1.00 e. The van der Waals surface area contributed by atoms with E-state index in [-0.39, 0.29) is 48.0 Å². The first-order valence-electron chi connectivity index (χ1n) is 11.0. The zero-order chi connectivity index (χ0) is 19.3. The summed E-state index contributed by atoms with van der Waals surface area (Å²) in [6, 6.07) is 8.78. The van der Waals surface area contributed by atoms with Gasteiger partial charge in [0.05, 0.1) is 0 Å². The summed E-state index contributed by atoms with van der Waals surface area (Å²) in [5.74, 6) is 0. The molecule has 2 aromatic rings. The second-order valence-electron chi connectivity index (χ2n) is 7.75. The highest BCUT2D eigenvalue weighted by Gasteiger charge is 2.05. The number of ether oxygens (including phenoxy) is 2. The molecule has 0 saturated carbocycles. The van der Waals surface area contributed by atoms with Crippen LogP contribution in [0.2, 0.25) is 0 Å². The van der Waals surface area contributed by atoms with Crippen LogP contribution in [0.25, 0.3) is 0 Å². The molecule has 2 aromatic heterocycles. The normalized spacial score (nSPS) is 17.3. The molecule has 3 heterocycles. The van der Waals surface area contributed by atoms with E-state index in [1.165, 1.54) is 11.1 Å². The lowest BCUT2D eigenvalue weighted by molar-refractivity contribution is -0.698. The zero-order valence-corrected chi connectivity index (χ0v) is 22.3. The summed E-state index contributed by atoms with van der Waals surface area (Å²) in [5, 5.41) is 0. The van der Waals surface area contributed by atoms with E-state index >= 15 is 0 Å². The average Bonchev–Trinajstić information content (AvgIpc) is 2.72. The molecule has 0 spiro atoms. The fraction of sp³-hybridized carbons (Fsp3) is 0.583. The molecule has 4 nitrogen and oxygen atoms in total. The maximum absolute atomic E-state index is 5.84. The Balaban J connectivity index is 0.00000225. The summed E-state index contributed by atoms with van der Waals surface area (Å²) in [5.41, 5.74) is 2.81. The molecule has 168 valence electrons. The van der Waals surface area contributed by atoms with Crippen molar-refractivity contribution in [3.63, 3.8) is 0 Å². The van der Waals surface area contributed by atoms with E-state index in [0.717, 1.165) is 90.9 Å². The van der Waals surface area contributed by atoms with E-state index in [9.17, 15) is 0 Å². The van der Waals surface area contributed by atoms with Gasteiger partial charge in [-0.15, -0.1) is 0 Å². The Morgan fingerprint density at radius 1 is 0.567 bits per heavy atom. The molecule has 0 saturated heterocycles. The Morgan fingerprint density at radius 2 is 1.00 bits per heavy atom. The van der Waals surface area contributed by atoms with Crippen molar-refractivity contribution >= 4 is 0 Å². The third-order valence-corrected chi connectivity index (χ3v) is 5.26. The maximum atomic E-state index is 5.84. The van der Waals surface area contributed by atoms with Gasteiger partial charge in [-0.05, 0) is 50.7 Å². The SMILES string of the molecule is [I-].[I-].c1cc2c[n+](c1)CCCCOCCCc1ccc[n+](c1)CCCCOCCC2. The van der Waals surface area contributed by atoms with Gasteiger partial charge in [0, 0.05) is 62.5 Å². The highest BCUT2D eigenvalue weighted by atomic mass is 127. The van der Waals surface area contributed by atoms with E-state index < -0.39 is 0 Å². The van der Waals surface area contributed by atoms with Crippen molar-refractivity contribution in [2.24, 2.45) is 0 Å². The van der Waals surface area contributed by atoms with Crippen LogP contribution < -0.4 is 57.1 Å². The molecule has 0 fully saturated rings. The quantitative estimate of drug-likeness (QED) is 0.235. The molecule has 0 aromatic carbocycles. The van der Waals surface area contributed by atoms with Crippen molar-refractivity contribution in [1.29, 1.82) is 0 Å². The molecule has 0 amide bonds. The summed E-state index contributed by atoms with van der Waals surface area (Å²) in [4.78, 5) is 0. The van der Waals surface area contributed by atoms with Gasteiger partial charge in [0.25, 0.3) is 0 Å². The first kappa shape index (κ1) is 27.7. The molecule has 1 aliphatic rings. The highest BCUT2D eigenvalue weighted by Crippen LogP contribution is 2.03. The molecule has 0 atom stereocenters. The summed E-state index contributed by atoms with van der Waals surface area (Å²) in [6.07, 6.45) is 17.9. The molecule has 6 heteroatoms. The Morgan fingerprint density at radius 3 is 1.47 bits per heavy atom. The topological polar surface area (TPSA) is 26.2 Å². The number of hydrogen-bond acceptors (Lipinski definition) is 2. The molecular weight excluding hydrogens is 602 g/mol. The van der Waals surface area contributed by atoms with Crippen molar-refractivity contribution in [1.82, 2.24) is 0 Å². The molecule has 0 unspecified atom stereocenters. The third-order valence-electron chi connectivity index (χ3n) is 5.26. The number of aromatic nitrogens is 2. The minimum absolute atomic E-state index is 0. The number of aryl methyl sites for hydroxylation is 4. The average molecular weight is 638 g/mol. The Bertz CT molecular complexity index is 590. The first-order valence-corrected chi connectivity index (χ1v) is 11.0. The van der Waals surface area contributed by atoms with E-state index in [1.54, 1.807) is 0 Å². The van der Waals surface area contributed by atoms with Crippen LogP contribution in [-0.4, -0.2) is 26.4 Å². The number of rotatable bonds is 0. The lowest BCUT2D eigenvalue weighted by atomic mass is 10.1. The molecule has 1 aliphatic heterocycles. The summed E-state index contributed by atoms with van der Waals surface area (Å²) < 4.78 is 16.3. The van der Waals surface area contributed by atoms with Gasteiger partial charge in [-0.25, -0.2) is 9.13 Å². The van der Waals surface area contributed by atoms with Crippen LogP contribution in [0.4, 0.5) is 0 Å². The minimum Gasteiger partial charge on any atom is -1.00 e. The number of halogens is 2. The van der Waals surface area contributed by atoms with Crippen LogP contribution in [0.5, 0.6) is 0 Å². The van der Waals surface area contributed by atoms with Crippen LogP contribution in [0.3, 0.4) is 0 Å². The minimum atomic E-state index is 0. The van der Waals surface area contributed by atoms with E-state index in [4.69, 9.17) is 9.47 Å². The molecule has 0 radical (unpaired) electrons. The Kier molecular flexibility index (Phi) is 15.9. The monoisotopic (exact) mass is 638 g/mol. The fourth-order valence-corrected chi connectivity index (χ4v) is 3.68. The van der Waals surface area contributed by atoms with Crippen molar-refractivity contribution in [3.05, 3.63) is 60.2 Å². The fourth-order valence-electron chi connectivity index (χ4n) is 3.68. The van der Waals surface area contributed by atoms with Crippen molar-refractivity contribution in [3.8, 4) is 0 Å². The highest BCUT2D eigenvalue weighted by molar-refractivity contribution is 5.05. The Hall–Kier alpha value is -0.320. The van der Waals surface area contributed by atoms with Crippen LogP contribution in [0.15, 0.2) is 49.1 Å². The van der Waals surface area contributed by atoms with Gasteiger partial charge in [-0.3, -0.25) is 0 Å². The van der Waals surface area contributed by atoms with Crippen molar-refractivity contribution in [2.45, 2.75) is 64.5 Å². The van der Waals surface area contributed by atoms with Gasteiger partial charge in [0.2, 0.25) is 0 Å². The number of nitrogens with zero attached hydrogens (tertiary/aromatic N) is 2. The molecular formula is C24H36I2N2O2. The third kappa shape index (κ3) is 11.3. The predicted molar refractivity (Wildman–Crippen MR) is 110 cm³/mol. The van der Waals surface area contributed by atoms with Crippen LogP contribution in [0.1, 0.15) is 49.7 Å². The lowest BCUT2D eigenvalue weighted by Crippen LogP contribution is -3.00. The Labute approximate surface area is 216 Å². The summed E-state index contributed by atoms with van der Waals surface area (Å²) >= 11 is 0. The second kappa shape index (κ2) is 17.3. The van der Waals surface area contributed by atoms with Crippen molar-refractivity contribution < 1.29 is 66.6 Å². The van der Waals surface area contributed by atoms with Gasteiger partial charge in [-0.2, -0.15) is 0 Å².